The second kappa shape index (κ2) is 7.90. The third kappa shape index (κ3) is 3.89. The van der Waals surface area contributed by atoms with Crippen LogP contribution in [0.5, 0.6) is 0 Å². The Labute approximate surface area is 165 Å². The van der Waals surface area contributed by atoms with Crippen molar-refractivity contribution in [1.29, 1.82) is 0 Å². The number of carbonyl (C=O) groups is 2. The maximum atomic E-state index is 13.1. The molecule has 9 heteroatoms. The van der Waals surface area contributed by atoms with Gasteiger partial charge >= 0.3 is 5.97 Å². The van der Waals surface area contributed by atoms with E-state index in [0.29, 0.717) is 19.0 Å². The number of hydrogen-bond donors (Lipinski definition) is 0. The second-order valence-corrected chi connectivity index (χ2v) is 9.05. The van der Waals surface area contributed by atoms with Gasteiger partial charge in [0.15, 0.2) is 0 Å². The summed E-state index contributed by atoms with van der Waals surface area (Å²) in [5.74, 6) is -0.665. The smallest absolute Gasteiger partial charge is 0.327 e. The van der Waals surface area contributed by atoms with E-state index in [0.717, 1.165) is 18.4 Å². The number of likely N-dealkylation sites (tertiary alicyclic amines) is 1. The van der Waals surface area contributed by atoms with Crippen LogP contribution in [0.2, 0.25) is 0 Å². The van der Waals surface area contributed by atoms with Gasteiger partial charge in [-0.2, -0.15) is 5.10 Å². The normalized spacial score (nSPS) is 19.0. The molecule has 8 nitrogen and oxygen atoms in total. The number of piperidine rings is 1. The third-order valence-electron chi connectivity index (χ3n) is 4.99. The lowest BCUT2D eigenvalue weighted by molar-refractivity contribution is -0.141. The molecule has 28 heavy (non-hydrogen) atoms. The van der Waals surface area contributed by atoms with Gasteiger partial charge in [-0.05, 0) is 50.3 Å². The number of aryl methyl sites for hydroxylation is 1. The minimum absolute atomic E-state index is 0.0221. The summed E-state index contributed by atoms with van der Waals surface area (Å²) in [6.07, 6.45) is 1.64. The number of sulfone groups is 1. The van der Waals surface area contributed by atoms with Crippen molar-refractivity contribution in [3.8, 4) is 0 Å². The molecule has 1 aromatic rings. The Kier molecular flexibility index (Phi) is 5.74. The Morgan fingerprint density at radius 1 is 1.25 bits per heavy atom. The second-order valence-electron chi connectivity index (χ2n) is 7.22. The van der Waals surface area contributed by atoms with Crippen molar-refractivity contribution in [2.24, 2.45) is 11.0 Å². The molecule has 0 saturated carbocycles. The number of benzene rings is 1. The summed E-state index contributed by atoms with van der Waals surface area (Å²) in [5, 5.41) is 4.82. The molecule has 1 amide bonds. The zero-order chi connectivity index (χ0) is 20.5. The molecule has 1 aromatic carbocycles. The van der Waals surface area contributed by atoms with Crippen LogP contribution in [0.4, 0.5) is 5.69 Å². The van der Waals surface area contributed by atoms with E-state index >= 15 is 0 Å². The standard InChI is InChI=1S/C19H25N3O5S/c1-4-27-17(23)12-22-15-11-14(3)5-6-16(15)28(25,26)18(20-22)19(24)21-9-7-13(2)8-10-21/h5-6,11,13H,4,7-10,12H2,1-3H3. The van der Waals surface area contributed by atoms with Crippen LogP contribution in [0, 0.1) is 12.8 Å². The van der Waals surface area contributed by atoms with Crippen molar-refractivity contribution in [1.82, 2.24) is 4.90 Å². The lowest BCUT2D eigenvalue weighted by Crippen LogP contribution is -2.46. The largest absolute Gasteiger partial charge is 0.465 e. The quantitative estimate of drug-likeness (QED) is 0.705. The zero-order valence-corrected chi connectivity index (χ0v) is 17.2. The molecule has 3 rings (SSSR count). The summed E-state index contributed by atoms with van der Waals surface area (Å²) in [7, 11) is -4.08. The molecule has 0 aliphatic carbocycles. The van der Waals surface area contributed by atoms with Crippen molar-refractivity contribution < 1.29 is 22.7 Å². The highest BCUT2D eigenvalue weighted by atomic mass is 32.2. The first-order chi connectivity index (χ1) is 13.2. The molecule has 152 valence electrons. The molecule has 0 bridgehead atoms. The summed E-state index contributed by atoms with van der Waals surface area (Å²) in [6.45, 7) is 6.53. The van der Waals surface area contributed by atoms with Gasteiger partial charge in [-0.1, -0.05) is 13.0 Å². The molecular weight excluding hydrogens is 382 g/mol. The van der Waals surface area contributed by atoms with Crippen molar-refractivity contribution in [3.63, 3.8) is 0 Å². The molecule has 0 radical (unpaired) electrons. The van der Waals surface area contributed by atoms with E-state index in [4.69, 9.17) is 4.74 Å². The predicted octanol–water partition coefficient (Wildman–Crippen LogP) is 1.72. The number of anilines is 1. The summed E-state index contributed by atoms with van der Waals surface area (Å²) in [4.78, 5) is 26.5. The van der Waals surface area contributed by atoms with Crippen molar-refractivity contribution in [3.05, 3.63) is 23.8 Å². The Bertz CT molecular complexity index is 917. The van der Waals surface area contributed by atoms with Gasteiger partial charge in [-0.25, -0.2) is 8.42 Å². The molecule has 1 fully saturated rings. The maximum absolute atomic E-state index is 13.1. The summed E-state index contributed by atoms with van der Waals surface area (Å²) in [6, 6.07) is 4.76. The van der Waals surface area contributed by atoms with Crippen LogP contribution in [0.3, 0.4) is 0 Å². The number of carbonyl (C=O) groups excluding carboxylic acids is 2. The topological polar surface area (TPSA) is 96.3 Å². The summed E-state index contributed by atoms with van der Waals surface area (Å²) in [5.41, 5.74) is 1.09. The van der Waals surface area contributed by atoms with Crippen molar-refractivity contribution >= 4 is 32.4 Å². The highest BCUT2D eigenvalue weighted by Crippen LogP contribution is 2.33. The van der Waals surface area contributed by atoms with E-state index in [-0.39, 0.29) is 23.7 Å². The van der Waals surface area contributed by atoms with Gasteiger partial charge < -0.3 is 9.64 Å². The first kappa shape index (κ1) is 20.3. The van der Waals surface area contributed by atoms with Gasteiger partial charge in [0.1, 0.15) is 6.54 Å². The molecule has 0 unspecified atom stereocenters. The Balaban J connectivity index is 2.01. The fourth-order valence-corrected chi connectivity index (χ4v) is 4.79. The monoisotopic (exact) mass is 407 g/mol. The van der Waals surface area contributed by atoms with Gasteiger partial charge in [-0.15, -0.1) is 0 Å². The number of esters is 1. The molecule has 2 aliphatic heterocycles. The fraction of sp³-hybridized carbons (Fsp3) is 0.526. The van der Waals surface area contributed by atoms with Gasteiger partial charge in [0.25, 0.3) is 5.91 Å². The van der Waals surface area contributed by atoms with E-state index in [1.165, 1.54) is 16.0 Å². The minimum Gasteiger partial charge on any atom is -0.465 e. The highest BCUT2D eigenvalue weighted by molar-refractivity contribution is 8.08. The minimum atomic E-state index is -4.08. The number of amides is 1. The fourth-order valence-electron chi connectivity index (χ4n) is 3.33. The van der Waals surface area contributed by atoms with Gasteiger partial charge in [0, 0.05) is 13.1 Å². The Morgan fingerprint density at radius 3 is 2.57 bits per heavy atom. The van der Waals surface area contributed by atoms with Gasteiger partial charge in [-0.3, -0.25) is 14.6 Å². The highest BCUT2D eigenvalue weighted by Gasteiger charge is 2.40. The van der Waals surface area contributed by atoms with Crippen LogP contribution in [-0.2, 0) is 24.2 Å². The summed E-state index contributed by atoms with van der Waals surface area (Å²) >= 11 is 0. The van der Waals surface area contributed by atoms with E-state index in [1.54, 1.807) is 19.1 Å². The number of rotatable bonds is 4. The Morgan fingerprint density at radius 2 is 1.93 bits per heavy atom. The SMILES string of the molecule is CCOC(=O)CN1N=C(C(=O)N2CCC(C)CC2)S(=O)(=O)c2ccc(C)cc21. The molecule has 0 N–H and O–H groups in total. The van der Waals surface area contributed by atoms with Crippen LogP contribution in [0.15, 0.2) is 28.2 Å². The molecule has 0 atom stereocenters. The number of fused-ring (bicyclic) bond motifs is 1. The van der Waals surface area contributed by atoms with Crippen LogP contribution in [0.1, 0.15) is 32.3 Å². The Hall–Kier alpha value is -2.42. The van der Waals surface area contributed by atoms with Gasteiger partial charge in [0.05, 0.1) is 17.2 Å². The van der Waals surface area contributed by atoms with Crippen LogP contribution < -0.4 is 5.01 Å². The van der Waals surface area contributed by atoms with E-state index in [9.17, 15) is 18.0 Å². The number of hydrazone groups is 1. The van der Waals surface area contributed by atoms with Crippen LogP contribution >= 0.6 is 0 Å². The van der Waals surface area contributed by atoms with Crippen LogP contribution in [0.25, 0.3) is 0 Å². The summed E-state index contributed by atoms with van der Waals surface area (Å²) < 4.78 is 31.2. The molecule has 1 saturated heterocycles. The first-order valence-corrected chi connectivity index (χ1v) is 10.9. The molecular formula is C19H25N3O5S. The zero-order valence-electron chi connectivity index (χ0n) is 16.3. The number of nitrogens with zero attached hydrogens (tertiary/aromatic N) is 3. The lowest BCUT2D eigenvalue weighted by Gasteiger charge is -2.32. The lowest BCUT2D eigenvalue weighted by atomic mass is 9.99. The van der Waals surface area contributed by atoms with E-state index in [1.807, 2.05) is 6.92 Å². The molecule has 0 spiro atoms. The van der Waals surface area contributed by atoms with E-state index in [2.05, 4.69) is 12.0 Å². The number of ether oxygens (including phenoxy) is 1. The molecule has 0 aromatic heterocycles. The number of hydrogen-bond acceptors (Lipinski definition) is 7. The van der Waals surface area contributed by atoms with Gasteiger partial charge in [0.2, 0.25) is 14.9 Å². The maximum Gasteiger partial charge on any atom is 0.327 e. The third-order valence-corrected chi connectivity index (χ3v) is 6.68. The first-order valence-electron chi connectivity index (χ1n) is 9.40. The predicted molar refractivity (Wildman–Crippen MR) is 105 cm³/mol. The average Bonchev–Trinajstić information content (AvgIpc) is 2.64. The van der Waals surface area contributed by atoms with Crippen LogP contribution in [-0.4, -0.2) is 56.5 Å². The van der Waals surface area contributed by atoms with Crippen molar-refractivity contribution in [2.45, 2.75) is 38.5 Å². The molecule has 2 aliphatic rings. The van der Waals surface area contributed by atoms with E-state index < -0.39 is 26.8 Å². The molecule has 2 heterocycles. The average molecular weight is 407 g/mol. The van der Waals surface area contributed by atoms with Crippen molar-refractivity contribution in [2.75, 3.05) is 31.3 Å².